The smallest absolute Gasteiger partial charge is 0.386 e. The molecule has 1 aromatic carbocycles. The van der Waals surface area contributed by atoms with Gasteiger partial charge in [-0.2, -0.15) is 13.2 Å². The van der Waals surface area contributed by atoms with Crippen molar-refractivity contribution in [3.05, 3.63) is 29.3 Å². The maximum atomic E-state index is 11.4. The summed E-state index contributed by atoms with van der Waals surface area (Å²) in [4.78, 5) is 29.2. The lowest BCUT2D eigenvalue weighted by atomic mass is 9.85. The summed E-state index contributed by atoms with van der Waals surface area (Å²) in [5, 5.41) is 0. The van der Waals surface area contributed by atoms with E-state index in [-0.39, 0.29) is 24.1 Å². The van der Waals surface area contributed by atoms with Gasteiger partial charge in [0.15, 0.2) is 0 Å². The third-order valence-corrected chi connectivity index (χ3v) is 2.93. The quantitative estimate of drug-likeness (QED) is 0.647. The number of Topliss-reactive ketones (excluding diaryl/α,β-unsaturated/α-hetero) is 1. The second-order valence-corrected chi connectivity index (χ2v) is 6.49. The number of carbonyl (C=O) groups excluding carboxylic acids is 3. The zero-order chi connectivity index (χ0) is 23.1. The molecule has 0 heterocycles. The Morgan fingerprint density at radius 2 is 1.43 bits per heavy atom. The molecule has 0 N–H and O–H groups in total. The van der Waals surface area contributed by atoms with Crippen LogP contribution in [0.1, 0.15) is 63.9 Å². The van der Waals surface area contributed by atoms with E-state index in [1.54, 1.807) is 26.2 Å². The Hall–Kier alpha value is -2.38. The molecule has 0 aromatic heterocycles. The van der Waals surface area contributed by atoms with Crippen molar-refractivity contribution in [1.82, 2.24) is 0 Å². The summed E-state index contributed by atoms with van der Waals surface area (Å²) < 4.78 is 41.0. The first-order valence-electron chi connectivity index (χ1n) is 8.29. The van der Waals surface area contributed by atoms with E-state index in [1.165, 1.54) is 7.11 Å². The summed E-state index contributed by atoms with van der Waals surface area (Å²) in [6, 6.07) is 5.33. The van der Waals surface area contributed by atoms with E-state index in [0.717, 1.165) is 11.3 Å². The van der Waals surface area contributed by atoms with E-state index in [0.29, 0.717) is 12.0 Å². The number of alkyl halides is 3. The fourth-order valence-corrected chi connectivity index (χ4v) is 1.54. The number of ether oxygens (including phenoxy) is 2. The van der Waals surface area contributed by atoms with Crippen molar-refractivity contribution in [2.24, 2.45) is 0 Å². The Balaban J connectivity index is -0.000000430. The van der Waals surface area contributed by atoms with Gasteiger partial charge in [0.05, 0.1) is 19.8 Å². The van der Waals surface area contributed by atoms with Crippen LogP contribution in [0.3, 0.4) is 0 Å². The van der Waals surface area contributed by atoms with Gasteiger partial charge in [-0.25, -0.2) is 4.79 Å². The number of hydrogen-bond acceptors (Lipinski definition) is 5. The second kappa shape index (κ2) is 14.6. The zero-order valence-corrected chi connectivity index (χ0v) is 17.8. The fourth-order valence-electron chi connectivity index (χ4n) is 1.54. The van der Waals surface area contributed by atoms with Crippen LogP contribution < -0.4 is 4.74 Å². The molecule has 0 aliphatic rings. The minimum atomic E-state index is -4.00. The summed E-state index contributed by atoms with van der Waals surface area (Å²) >= 11 is 0. The Morgan fingerprint density at radius 3 is 1.68 bits per heavy atom. The molecule has 28 heavy (non-hydrogen) atoms. The van der Waals surface area contributed by atoms with Gasteiger partial charge >= 0.3 is 12.1 Å². The monoisotopic (exact) mass is 408 g/mol. The number of halogens is 3. The van der Waals surface area contributed by atoms with E-state index in [2.05, 4.69) is 20.8 Å². The molecule has 0 saturated carbocycles. The van der Waals surface area contributed by atoms with Crippen LogP contribution in [0.5, 0.6) is 5.75 Å². The number of carbonyl (C=O) groups is 3. The number of benzene rings is 1. The first kappa shape index (κ1) is 30.4. The molecule has 0 unspecified atom stereocenters. The first-order chi connectivity index (χ1) is 12.7. The molecule has 8 heteroatoms. The number of esters is 1. The predicted octanol–water partition coefficient (Wildman–Crippen LogP) is 5.15. The fraction of sp³-hybridized carbons (Fsp3) is 0.550. The Bertz CT molecular complexity index is 584. The molecule has 0 amide bonds. The molecule has 162 valence electrons. The molecular formula is C20H31F3O5. The Morgan fingerprint density at radius 1 is 1.04 bits per heavy atom. The van der Waals surface area contributed by atoms with E-state index in [9.17, 15) is 22.8 Å². The van der Waals surface area contributed by atoms with Crippen molar-refractivity contribution in [2.45, 2.75) is 59.6 Å². The highest BCUT2D eigenvalue weighted by atomic mass is 19.4. The molecule has 1 rings (SSSR count). The molecule has 5 nitrogen and oxygen atoms in total. The SMILES string of the molecule is C=O.CC(F)(F)F.CCC(C)=O.COC(=O)c1ccc(OC)c(C(C)(C)C)c1. The van der Waals surface area contributed by atoms with Crippen molar-refractivity contribution in [3.8, 4) is 5.75 Å². The lowest BCUT2D eigenvalue weighted by Gasteiger charge is -2.22. The molecule has 0 spiro atoms. The van der Waals surface area contributed by atoms with Crippen LogP contribution in [0.25, 0.3) is 0 Å². The van der Waals surface area contributed by atoms with Crippen molar-refractivity contribution in [1.29, 1.82) is 0 Å². The average Bonchev–Trinajstić information content (AvgIpc) is 2.60. The minimum absolute atomic E-state index is 0.0740. The topological polar surface area (TPSA) is 69.7 Å². The lowest BCUT2D eigenvalue weighted by molar-refractivity contribution is -0.116. The van der Waals surface area contributed by atoms with E-state index in [4.69, 9.17) is 14.3 Å². The van der Waals surface area contributed by atoms with E-state index >= 15 is 0 Å². The number of methoxy groups -OCH3 is 2. The number of hydrogen-bond donors (Lipinski definition) is 0. The zero-order valence-electron chi connectivity index (χ0n) is 17.8. The van der Waals surface area contributed by atoms with Crippen LogP contribution in [0, 0.1) is 0 Å². The van der Waals surface area contributed by atoms with Gasteiger partial charge in [-0.15, -0.1) is 0 Å². The summed E-state index contributed by atoms with van der Waals surface area (Å²) in [6.45, 7) is 11.8. The Labute approximate surface area is 165 Å². The van der Waals surface area contributed by atoms with Gasteiger partial charge in [-0.3, -0.25) is 0 Å². The average molecular weight is 408 g/mol. The minimum Gasteiger partial charge on any atom is -0.496 e. The van der Waals surface area contributed by atoms with Crippen LogP contribution in [0.2, 0.25) is 0 Å². The summed E-state index contributed by atoms with van der Waals surface area (Å²) in [5.41, 5.74) is 1.47. The van der Waals surface area contributed by atoms with Gasteiger partial charge in [0.2, 0.25) is 0 Å². The van der Waals surface area contributed by atoms with Crippen LogP contribution in [-0.2, 0) is 19.7 Å². The molecular weight excluding hydrogens is 377 g/mol. The molecule has 1 aromatic rings. The maximum Gasteiger partial charge on any atom is 0.386 e. The van der Waals surface area contributed by atoms with Crippen LogP contribution in [0.15, 0.2) is 18.2 Å². The number of rotatable bonds is 3. The summed E-state index contributed by atoms with van der Waals surface area (Å²) in [7, 11) is 3.01. The van der Waals surface area contributed by atoms with E-state index < -0.39 is 6.18 Å². The molecule has 0 fully saturated rings. The normalized spacial score (nSPS) is 9.96. The molecule has 0 aliphatic heterocycles. The predicted molar refractivity (Wildman–Crippen MR) is 103 cm³/mol. The highest BCUT2D eigenvalue weighted by Crippen LogP contribution is 2.32. The summed E-state index contributed by atoms with van der Waals surface area (Å²) in [5.74, 6) is 0.721. The van der Waals surface area contributed by atoms with Crippen molar-refractivity contribution >= 4 is 18.5 Å². The highest BCUT2D eigenvalue weighted by molar-refractivity contribution is 5.89. The maximum absolute atomic E-state index is 11.4. The van der Waals surface area contributed by atoms with Crippen molar-refractivity contribution < 1.29 is 37.0 Å². The van der Waals surface area contributed by atoms with Crippen LogP contribution >= 0.6 is 0 Å². The van der Waals surface area contributed by atoms with Gasteiger partial charge < -0.3 is 19.1 Å². The van der Waals surface area contributed by atoms with Crippen molar-refractivity contribution in [2.75, 3.05) is 14.2 Å². The second-order valence-electron chi connectivity index (χ2n) is 6.49. The third-order valence-electron chi connectivity index (χ3n) is 2.93. The molecule has 0 aliphatic carbocycles. The van der Waals surface area contributed by atoms with Gasteiger partial charge in [0, 0.05) is 18.9 Å². The highest BCUT2D eigenvalue weighted by Gasteiger charge is 2.20. The molecule has 0 saturated heterocycles. The largest absolute Gasteiger partial charge is 0.496 e. The number of ketones is 1. The van der Waals surface area contributed by atoms with Gasteiger partial charge in [0.25, 0.3) is 0 Å². The van der Waals surface area contributed by atoms with Gasteiger partial charge in [0.1, 0.15) is 18.3 Å². The molecule has 0 radical (unpaired) electrons. The van der Waals surface area contributed by atoms with Crippen LogP contribution in [-0.4, -0.2) is 38.9 Å². The Kier molecular flexibility index (Phi) is 15.9. The van der Waals surface area contributed by atoms with Gasteiger partial charge in [-0.05, 0) is 30.5 Å². The van der Waals surface area contributed by atoms with E-state index in [1.807, 2.05) is 19.8 Å². The standard InChI is InChI=1S/C13H18O3.C4H8O.C2H3F3.CH2O/c1-13(2,3)10-8-9(12(14)16-5)6-7-11(10)15-4;1-3-4(2)5;1-2(3,4)5;1-2/h6-8H,1-5H3;3H2,1-2H3;1H3;1H2. The van der Waals surface area contributed by atoms with Crippen LogP contribution in [0.4, 0.5) is 13.2 Å². The third kappa shape index (κ3) is 17.1. The summed E-state index contributed by atoms with van der Waals surface area (Å²) in [6.07, 6.45) is -3.33. The molecule has 0 bridgehead atoms. The molecule has 0 atom stereocenters. The van der Waals surface area contributed by atoms with Gasteiger partial charge in [-0.1, -0.05) is 27.7 Å². The lowest BCUT2D eigenvalue weighted by Crippen LogP contribution is -2.14. The van der Waals surface area contributed by atoms with Crippen molar-refractivity contribution in [3.63, 3.8) is 0 Å². The first-order valence-corrected chi connectivity index (χ1v) is 8.29.